The molecule has 2 N–H and O–H groups in total. The molecule has 90 valence electrons. The SMILES string of the molecule is CC(N)Cc1ccc(-c2cc(F)cc(F)c2)o1. The molecule has 0 aliphatic heterocycles. The van der Waals surface area contributed by atoms with Crippen LogP contribution >= 0.6 is 0 Å². The zero-order valence-corrected chi connectivity index (χ0v) is 9.41. The van der Waals surface area contributed by atoms with Gasteiger partial charge in [-0.25, -0.2) is 8.78 Å². The summed E-state index contributed by atoms with van der Waals surface area (Å²) in [5, 5.41) is 0. The van der Waals surface area contributed by atoms with Gasteiger partial charge in [-0.2, -0.15) is 0 Å². The van der Waals surface area contributed by atoms with Gasteiger partial charge in [0.25, 0.3) is 0 Å². The number of hydrogen-bond donors (Lipinski definition) is 1. The van der Waals surface area contributed by atoms with Crippen LogP contribution in [-0.4, -0.2) is 6.04 Å². The monoisotopic (exact) mass is 237 g/mol. The van der Waals surface area contributed by atoms with Crippen molar-refractivity contribution in [2.45, 2.75) is 19.4 Å². The van der Waals surface area contributed by atoms with Crippen molar-refractivity contribution in [1.82, 2.24) is 0 Å². The highest BCUT2D eigenvalue weighted by Crippen LogP contribution is 2.24. The van der Waals surface area contributed by atoms with Gasteiger partial charge in [0.2, 0.25) is 0 Å². The van der Waals surface area contributed by atoms with E-state index < -0.39 is 11.6 Å². The van der Waals surface area contributed by atoms with Crippen molar-refractivity contribution in [2.75, 3.05) is 0 Å². The molecule has 0 fully saturated rings. The van der Waals surface area contributed by atoms with E-state index in [1.54, 1.807) is 12.1 Å². The molecule has 0 amide bonds. The summed E-state index contributed by atoms with van der Waals surface area (Å²) in [6.45, 7) is 1.87. The van der Waals surface area contributed by atoms with E-state index in [4.69, 9.17) is 10.2 Å². The first-order chi connectivity index (χ1) is 8.04. The third-order valence-corrected chi connectivity index (χ3v) is 2.33. The fraction of sp³-hybridized carbons (Fsp3) is 0.231. The number of rotatable bonds is 3. The lowest BCUT2D eigenvalue weighted by molar-refractivity contribution is 0.502. The van der Waals surface area contributed by atoms with E-state index in [1.807, 2.05) is 6.92 Å². The summed E-state index contributed by atoms with van der Waals surface area (Å²) in [6, 6.07) is 6.73. The molecule has 1 heterocycles. The highest BCUT2D eigenvalue weighted by atomic mass is 19.1. The van der Waals surface area contributed by atoms with Gasteiger partial charge in [0.1, 0.15) is 23.2 Å². The van der Waals surface area contributed by atoms with Crippen molar-refractivity contribution in [3.05, 3.63) is 47.7 Å². The van der Waals surface area contributed by atoms with Gasteiger partial charge in [-0.15, -0.1) is 0 Å². The van der Waals surface area contributed by atoms with Gasteiger partial charge in [0, 0.05) is 24.1 Å². The first-order valence-electron chi connectivity index (χ1n) is 5.35. The van der Waals surface area contributed by atoms with Crippen LogP contribution in [0.3, 0.4) is 0 Å². The summed E-state index contributed by atoms with van der Waals surface area (Å²) < 4.78 is 31.5. The predicted molar refractivity (Wildman–Crippen MR) is 61.4 cm³/mol. The van der Waals surface area contributed by atoms with Crippen LogP contribution in [0.25, 0.3) is 11.3 Å². The Balaban J connectivity index is 2.30. The molecule has 4 heteroatoms. The first-order valence-corrected chi connectivity index (χ1v) is 5.35. The van der Waals surface area contributed by atoms with Gasteiger partial charge >= 0.3 is 0 Å². The highest BCUT2D eigenvalue weighted by Gasteiger charge is 2.09. The van der Waals surface area contributed by atoms with E-state index in [1.165, 1.54) is 12.1 Å². The van der Waals surface area contributed by atoms with Crippen LogP contribution in [0.2, 0.25) is 0 Å². The molecule has 2 aromatic rings. The maximum atomic E-state index is 13.0. The molecule has 0 saturated carbocycles. The lowest BCUT2D eigenvalue weighted by Crippen LogP contribution is -2.17. The quantitative estimate of drug-likeness (QED) is 0.890. The molecule has 2 rings (SSSR count). The Morgan fingerprint density at radius 2 is 1.82 bits per heavy atom. The zero-order chi connectivity index (χ0) is 12.4. The van der Waals surface area contributed by atoms with Gasteiger partial charge in [-0.1, -0.05) is 0 Å². The van der Waals surface area contributed by atoms with Crippen LogP contribution in [0.15, 0.2) is 34.7 Å². The van der Waals surface area contributed by atoms with Crippen molar-refractivity contribution >= 4 is 0 Å². The van der Waals surface area contributed by atoms with Crippen LogP contribution in [0.4, 0.5) is 8.78 Å². The molecule has 0 spiro atoms. The highest BCUT2D eigenvalue weighted by molar-refractivity contribution is 5.57. The van der Waals surface area contributed by atoms with E-state index >= 15 is 0 Å². The molecule has 1 unspecified atom stereocenters. The summed E-state index contributed by atoms with van der Waals surface area (Å²) in [7, 11) is 0. The molecule has 1 aromatic heterocycles. The van der Waals surface area contributed by atoms with Crippen molar-refractivity contribution < 1.29 is 13.2 Å². The van der Waals surface area contributed by atoms with Crippen LogP contribution in [0.5, 0.6) is 0 Å². The number of nitrogens with two attached hydrogens (primary N) is 1. The second-order valence-electron chi connectivity index (χ2n) is 4.11. The fourth-order valence-electron chi connectivity index (χ4n) is 1.66. The molecule has 0 saturated heterocycles. The molecule has 0 radical (unpaired) electrons. The smallest absolute Gasteiger partial charge is 0.134 e. The number of halogens is 2. The van der Waals surface area contributed by atoms with E-state index in [9.17, 15) is 8.78 Å². The first kappa shape index (κ1) is 11.8. The third kappa shape index (κ3) is 2.91. The summed E-state index contributed by atoms with van der Waals surface area (Å²) in [4.78, 5) is 0. The summed E-state index contributed by atoms with van der Waals surface area (Å²) in [6.07, 6.45) is 0.595. The van der Waals surface area contributed by atoms with Gasteiger partial charge in [-0.05, 0) is 31.2 Å². The zero-order valence-electron chi connectivity index (χ0n) is 9.41. The Kier molecular flexibility index (Phi) is 3.24. The number of furan rings is 1. The van der Waals surface area contributed by atoms with Crippen LogP contribution in [0.1, 0.15) is 12.7 Å². The third-order valence-electron chi connectivity index (χ3n) is 2.33. The standard InChI is InChI=1S/C13H13F2NO/c1-8(16)4-12-2-3-13(17-12)9-5-10(14)7-11(15)6-9/h2-3,5-8H,4,16H2,1H3. The van der Waals surface area contributed by atoms with Gasteiger partial charge in [0.05, 0.1) is 0 Å². The lowest BCUT2D eigenvalue weighted by Gasteiger charge is -2.01. The summed E-state index contributed by atoms with van der Waals surface area (Å²) >= 11 is 0. The molecular formula is C13H13F2NO. The van der Waals surface area contributed by atoms with E-state index in [0.29, 0.717) is 23.5 Å². The maximum Gasteiger partial charge on any atom is 0.134 e. The second-order valence-corrected chi connectivity index (χ2v) is 4.11. The van der Waals surface area contributed by atoms with Gasteiger partial charge < -0.3 is 10.2 Å². The Hall–Kier alpha value is -1.68. The molecule has 1 aromatic carbocycles. The minimum absolute atomic E-state index is 0.0155. The molecule has 0 aliphatic rings. The lowest BCUT2D eigenvalue weighted by atomic mass is 10.1. The van der Waals surface area contributed by atoms with E-state index in [0.717, 1.165) is 6.07 Å². The van der Waals surface area contributed by atoms with Gasteiger partial charge in [-0.3, -0.25) is 0 Å². The average molecular weight is 237 g/mol. The minimum Gasteiger partial charge on any atom is -0.461 e. The summed E-state index contributed by atoms with van der Waals surface area (Å²) in [5.41, 5.74) is 6.03. The van der Waals surface area contributed by atoms with Crippen LogP contribution < -0.4 is 5.73 Å². The van der Waals surface area contributed by atoms with Crippen LogP contribution in [0, 0.1) is 11.6 Å². The van der Waals surface area contributed by atoms with Crippen molar-refractivity contribution in [1.29, 1.82) is 0 Å². The van der Waals surface area contributed by atoms with Crippen LogP contribution in [-0.2, 0) is 6.42 Å². The molecule has 0 aliphatic carbocycles. The van der Waals surface area contributed by atoms with Crippen molar-refractivity contribution in [2.24, 2.45) is 5.73 Å². The molecule has 2 nitrogen and oxygen atoms in total. The van der Waals surface area contributed by atoms with E-state index in [2.05, 4.69) is 0 Å². The molecule has 1 atom stereocenters. The molecule has 17 heavy (non-hydrogen) atoms. The van der Waals surface area contributed by atoms with Crippen molar-refractivity contribution in [3.8, 4) is 11.3 Å². The average Bonchev–Trinajstić information content (AvgIpc) is 2.63. The normalized spacial score (nSPS) is 12.7. The number of hydrogen-bond acceptors (Lipinski definition) is 2. The minimum atomic E-state index is -0.620. The largest absolute Gasteiger partial charge is 0.461 e. The Labute approximate surface area is 98.0 Å². The predicted octanol–water partition coefficient (Wildman–Crippen LogP) is 3.11. The van der Waals surface area contributed by atoms with Crippen molar-refractivity contribution in [3.63, 3.8) is 0 Å². The molecular weight excluding hydrogens is 224 g/mol. The second kappa shape index (κ2) is 4.67. The molecule has 0 bridgehead atoms. The van der Waals surface area contributed by atoms with Gasteiger partial charge in [0.15, 0.2) is 0 Å². The maximum absolute atomic E-state index is 13.0. The topological polar surface area (TPSA) is 39.2 Å². The summed E-state index contributed by atoms with van der Waals surface area (Å²) in [5.74, 6) is -0.0889. The number of benzene rings is 1. The Bertz CT molecular complexity index is 500. The van der Waals surface area contributed by atoms with E-state index in [-0.39, 0.29) is 6.04 Å². The Morgan fingerprint density at radius 1 is 1.18 bits per heavy atom. The fourth-order valence-corrected chi connectivity index (χ4v) is 1.66. The Morgan fingerprint density at radius 3 is 2.41 bits per heavy atom.